The molecule has 17 heavy (non-hydrogen) atoms. The molecule has 88 valence electrons. The molecule has 1 aliphatic heterocycles. The molecule has 2 heterocycles. The van der Waals surface area contributed by atoms with Gasteiger partial charge in [0.2, 0.25) is 0 Å². The van der Waals surface area contributed by atoms with Gasteiger partial charge in [0.25, 0.3) is 0 Å². The highest BCUT2D eigenvalue weighted by molar-refractivity contribution is 9.10. The van der Waals surface area contributed by atoms with Crippen LogP contribution in [-0.4, -0.2) is 21.4 Å². The van der Waals surface area contributed by atoms with Gasteiger partial charge in [-0.3, -0.25) is 0 Å². The summed E-state index contributed by atoms with van der Waals surface area (Å²) in [5, 5.41) is 17.1. The average molecular weight is 294 g/mol. The van der Waals surface area contributed by atoms with Gasteiger partial charge in [-0.2, -0.15) is 5.10 Å². The molecule has 1 aromatic carbocycles. The van der Waals surface area contributed by atoms with E-state index < -0.39 is 0 Å². The number of rotatable bonds is 1. The van der Waals surface area contributed by atoms with Gasteiger partial charge in [-0.15, -0.1) is 0 Å². The van der Waals surface area contributed by atoms with E-state index in [9.17, 15) is 5.11 Å². The van der Waals surface area contributed by atoms with Gasteiger partial charge < -0.3 is 10.4 Å². The summed E-state index contributed by atoms with van der Waals surface area (Å²) in [6.07, 6.45) is 0.994. The lowest BCUT2D eigenvalue weighted by molar-refractivity contribution is 0.475. The summed E-state index contributed by atoms with van der Waals surface area (Å²) in [6.45, 7) is 1.82. The Balaban J connectivity index is 2.11. The molecule has 4 nitrogen and oxygen atoms in total. The first-order valence-corrected chi connectivity index (χ1v) is 6.31. The van der Waals surface area contributed by atoms with Crippen LogP contribution in [0, 0.1) is 0 Å². The number of aromatic hydroxyl groups is 1. The predicted octanol–water partition coefficient (Wildman–Crippen LogP) is 1.99. The minimum absolute atomic E-state index is 0.270. The van der Waals surface area contributed by atoms with Crippen LogP contribution in [0.5, 0.6) is 5.75 Å². The number of fused-ring (bicyclic) bond motifs is 1. The topological polar surface area (TPSA) is 50.1 Å². The lowest BCUT2D eigenvalue weighted by atomic mass is 10.1. The van der Waals surface area contributed by atoms with Gasteiger partial charge in [0.1, 0.15) is 10.4 Å². The fourth-order valence-electron chi connectivity index (χ4n) is 2.11. The zero-order valence-corrected chi connectivity index (χ0v) is 10.7. The molecule has 0 radical (unpaired) electrons. The van der Waals surface area contributed by atoms with Crippen LogP contribution in [0.25, 0.3) is 5.69 Å². The Morgan fingerprint density at radius 3 is 2.82 bits per heavy atom. The number of nitrogens with zero attached hydrogens (tertiary/aromatic N) is 2. The second-order valence-electron chi connectivity index (χ2n) is 4.07. The SMILES string of the molecule is Oc1ccc(-n2nc(Br)c3c2CNCC3)cc1. The Bertz CT molecular complexity index is 548. The third-order valence-corrected chi connectivity index (χ3v) is 3.62. The summed E-state index contributed by atoms with van der Waals surface area (Å²) in [5.41, 5.74) is 3.43. The molecule has 0 spiro atoms. The van der Waals surface area contributed by atoms with Crippen molar-refractivity contribution >= 4 is 15.9 Å². The van der Waals surface area contributed by atoms with Gasteiger partial charge in [0, 0.05) is 12.1 Å². The highest BCUT2D eigenvalue weighted by atomic mass is 79.9. The van der Waals surface area contributed by atoms with E-state index in [0.29, 0.717) is 0 Å². The predicted molar refractivity (Wildman–Crippen MR) is 68.3 cm³/mol. The standard InChI is InChI=1S/C12H12BrN3O/c13-12-10-5-6-14-7-11(10)16(15-12)8-1-3-9(17)4-2-8/h1-4,14,17H,5-7H2. The summed E-state index contributed by atoms with van der Waals surface area (Å²) in [5.74, 6) is 0.270. The maximum Gasteiger partial charge on any atom is 0.132 e. The van der Waals surface area contributed by atoms with Gasteiger partial charge in [0.05, 0.1) is 11.4 Å². The summed E-state index contributed by atoms with van der Waals surface area (Å²) in [4.78, 5) is 0. The number of aromatic nitrogens is 2. The molecule has 0 saturated heterocycles. The maximum absolute atomic E-state index is 9.30. The first kappa shape index (κ1) is 10.8. The Hall–Kier alpha value is -1.33. The van der Waals surface area contributed by atoms with Crippen molar-refractivity contribution in [1.29, 1.82) is 0 Å². The maximum atomic E-state index is 9.30. The number of halogens is 1. The van der Waals surface area contributed by atoms with Crippen molar-refractivity contribution < 1.29 is 5.11 Å². The molecule has 0 atom stereocenters. The summed E-state index contributed by atoms with van der Waals surface area (Å²) >= 11 is 3.51. The molecule has 1 aliphatic rings. The number of phenols is 1. The van der Waals surface area contributed by atoms with Crippen molar-refractivity contribution in [3.63, 3.8) is 0 Å². The highest BCUT2D eigenvalue weighted by Gasteiger charge is 2.19. The molecule has 0 fully saturated rings. The van der Waals surface area contributed by atoms with Gasteiger partial charge in [0.15, 0.2) is 0 Å². The normalized spacial score (nSPS) is 14.6. The molecule has 2 N–H and O–H groups in total. The molecule has 0 amide bonds. The molecule has 1 aromatic heterocycles. The zero-order chi connectivity index (χ0) is 11.8. The molecule has 3 rings (SSSR count). The Kier molecular flexibility index (Phi) is 2.64. The quantitative estimate of drug-likeness (QED) is 0.845. The van der Waals surface area contributed by atoms with Crippen LogP contribution in [0.3, 0.4) is 0 Å². The largest absolute Gasteiger partial charge is 0.508 e. The summed E-state index contributed by atoms with van der Waals surface area (Å²) in [7, 11) is 0. The first-order chi connectivity index (χ1) is 8.25. The molecule has 2 aromatic rings. The number of nitrogens with one attached hydrogen (secondary N) is 1. The molecule has 5 heteroatoms. The Labute approximate surface area is 107 Å². The van der Waals surface area contributed by atoms with Crippen LogP contribution in [0.4, 0.5) is 0 Å². The van der Waals surface area contributed by atoms with E-state index in [1.54, 1.807) is 12.1 Å². The number of benzene rings is 1. The number of phenolic OH excluding ortho intramolecular Hbond substituents is 1. The van der Waals surface area contributed by atoms with Crippen LogP contribution in [0.15, 0.2) is 28.9 Å². The third kappa shape index (κ3) is 1.85. The van der Waals surface area contributed by atoms with E-state index >= 15 is 0 Å². The van der Waals surface area contributed by atoms with Gasteiger partial charge in [-0.1, -0.05) is 0 Å². The molecular weight excluding hydrogens is 282 g/mol. The Morgan fingerprint density at radius 1 is 1.29 bits per heavy atom. The third-order valence-electron chi connectivity index (χ3n) is 2.98. The van der Waals surface area contributed by atoms with Crippen molar-refractivity contribution in [2.45, 2.75) is 13.0 Å². The Morgan fingerprint density at radius 2 is 2.06 bits per heavy atom. The second-order valence-corrected chi connectivity index (χ2v) is 4.82. The highest BCUT2D eigenvalue weighted by Crippen LogP contribution is 2.26. The van der Waals surface area contributed by atoms with Crippen molar-refractivity contribution in [1.82, 2.24) is 15.1 Å². The number of hydrogen-bond donors (Lipinski definition) is 2. The minimum atomic E-state index is 0.270. The van der Waals surface area contributed by atoms with E-state index in [2.05, 4.69) is 26.3 Å². The fraction of sp³-hybridized carbons (Fsp3) is 0.250. The van der Waals surface area contributed by atoms with Crippen LogP contribution >= 0.6 is 15.9 Å². The van der Waals surface area contributed by atoms with Crippen molar-refractivity contribution in [3.05, 3.63) is 40.1 Å². The smallest absolute Gasteiger partial charge is 0.132 e. The van der Waals surface area contributed by atoms with Crippen LogP contribution in [-0.2, 0) is 13.0 Å². The molecule has 0 bridgehead atoms. The van der Waals surface area contributed by atoms with Crippen LogP contribution in [0.1, 0.15) is 11.3 Å². The lowest BCUT2D eigenvalue weighted by Gasteiger charge is -2.15. The monoisotopic (exact) mass is 293 g/mol. The van der Waals surface area contributed by atoms with Crippen molar-refractivity contribution in [3.8, 4) is 11.4 Å². The van der Waals surface area contributed by atoms with E-state index in [4.69, 9.17) is 0 Å². The minimum Gasteiger partial charge on any atom is -0.508 e. The first-order valence-electron chi connectivity index (χ1n) is 5.52. The molecule has 0 saturated carbocycles. The zero-order valence-electron chi connectivity index (χ0n) is 9.15. The average Bonchev–Trinajstić information content (AvgIpc) is 2.69. The van der Waals surface area contributed by atoms with E-state index in [1.165, 1.54) is 11.3 Å². The van der Waals surface area contributed by atoms with Crippen molar-refractivity contribution in [2.75, 3.05) is 6.54 Å². The van der Waals surface area contributed by atoms with E-state index in [-0.39, 0.29) is 5.75 Å². The van der Waals surface area contributed by atoms with E-state index in [0.717, 1.165) is 29.8 Å². The molecule has 0 unspecified atom stereocenters. The van der Waals surface area contributed by atoms with Crippen molar-refractivity contribution in [2.24, 2.45) is 0 Å². The van der Waals surface area contributed by atoms with Gasteiger partial charge >= 0.3 is 0 Å². The van der Waals surface area contributed by atoms with Gasteiger partial charge in [-0.05, 0) is 53.2 Å². The summed E-state index contributed by atoms with van der Waals surface area (Å²) in [6, 6.07) is 7.08. The fourth-order valence-corrected chi connectivity index (χ4v) is 2.70. The van der Waals surface area contributed by atoms with Crippen LogP contribution < -0.4 is 5.32 Å². The second kappa shape index (κ2) is 4.16. The molecule has 0 aliphatic carbocycles. The van der Waals surface area contributed by atoms with Crippen LogP contribution in [0.2, 0.25) is 0 Å². The lowest BCUT2D eigenvalue weighted by Crippen LogP contribution is -2.25. The van der Waals surface area contributed by atoms with E-state index in [1.807, 2.05) is 16.8 Å². The number of hydrogen-bond acceptors (Lipinski definition) is 3. The summed E-state index contributed by atoms with van der Waals surface area (Å²) < 4.78 is 2.84. The van der Waals surface area contributed by atoms with Gasteiger partial charge in [-0.25, -0.2) is 4.68 Å². The molecular formula is C12H12BrN3O.